The highest BCUT2D eigenvalue weighted by Crippen LogP contribution is 2.21. The summed E-state index contributed by atoms with van der Waals surface area (Å²) in [7, 11) is -4.17. The second kappa shape index (κ2) is 6.17. The predicted octanol–water partition coefficient (Wildman–Crippen LogP) is -1.87. The number of hydrogen-bond donors (Lipinski definition) is 5. The minimum absolute atomic E-state index is 0.153. The van der Waals surface area contributed by atoms with Crippen LogP contribution < -0.4 is 10.5 Å². The molecular weight excluding hydrogens is 286 g/mol. The Balaban J connectivity index is 3.21. The zero-order valence-corrected chi connectivity index (χ0v) is 11.3. The molecule has 0 aromatic heterocycles. The maximum Gasteiger partial charge on any atom is 0.243 e. The summed E-state index contributed by atoms with van der Waals surface area (Å²) in [5, 5.41) is 36.0. The Labute approximate surface area is 116 Å². The fourth-order valence-corrected chi connectivity index (χ4v) is 2.94. The number of sulfonamides is 1. The van der Waals surface area contributed by atoms with Crippen molar-refractivity contribution in [3.05, 3.63) is 23.8 Å². The van der Waals surface area contributed by atoms with E-state index in [4.69, 9.17) is 26.3 Å². The summed E-state index contributed by atoms with van der Waals surface area (Å²) in [6.07, 6.45) is 0. The van der Waals surface area contributed by atoms with Gasteiger partial charge in [-0.15, -0.1) is 0 Å². The molecule has 0 aliphatic carbocycles. The van der Waals surface area contributed by atoms with Gasteiger partial charge in [0.05, 0.1) is 37.1 Å². The molecule has 0 aliphatic heterocycles. The number of aliphatic hydroxyl groups excluding tert-OH is 3. The summed E-state index contributed by atoms with van der Waals surface area (Å²) in [5.74, 6) is 0. The first-order chi connectivity index (χ1) is 9.34. The van der Waals surface area contributed by atoms with Gasteiger partial charge in [-0.05, 0) is 18.2 Å². The molecule has 0 unspecified atom stereocenters. The third-order valence-corrected chi connectivity index (χ3v) is 4.34. The van der Waals surface area contributed by atoms with Crippen LogP contribution in [0.25, 0.3) is 0 Å². The highest BCUT2D eigenvalue weighted by Gasteiger charge is 2.34. The van der Waals surface area contributed by atoms with Gasteiger partial charge in [0, 0.05) is 0 Å². The van der Waals surface area contributed by atoms with Crippen LogP contribution in [-0.2, 0) is 10.0 Å². The first-order valence-corrected chi connectivity index (χ1v) is 6.98. The summed E-state index contributed by atoms with van der Waals surface area (Å²) in [4.78, 5) is -0.309. The quantitative estimate of drug-likeness (QED) is 0.385. The van der Waals surface area contributed by atoms with Crippen LogP contribution in [0.3, 0.4) is 0 Å². The predicted molar refractivity (Wildman–Crippen MR) is 69.9 cm³/mol. The average Bonchev–Trinajstić information content (AvgIpc) is 2.44. The highest BCUT2D eigenvalue weighted by atomic mass is 32.2. The molecule has 8 nitrogen and oxygen atoms in total. The molecule has 0 radical (unpaired) electrons. The van der Waals surface area contributed by atoms with Crippen molar-refractivity contribution in [2.45, 2.75) is 10.4 Å². The van der Waals surface area contributed by atoms with Gasteiger partial charge in [0.2, 0.25) is 10.0 Å². The Morgan fingerprint density at radius 3 is 2.20 bits per heavy atom. The summed E-state index contributed by atoms with van der Waals surface area (Å²) >= 11 is 0. The van der Waals surface area contributed by atoms with Crippen molar-refractivity contribution in [3.63, 3.8) is 0 Å². The lowest BCUT2D eigenvalue weighted by atomic mass is 10.1. The summed E-state index contributed by atoms with van der Waals surface area (Å²) in [6.45, 7) is -2.39. The maximum atomic E-state index is 12.1. The van der Waals surface area contributed by atoms with Crippen LogP contribution in [0.15, 0.2) is 23.1 Å². The lowest BCUT2D eigenvalue weighted by Crippen LogP contribution is -2.56. The Morgan fingerprint density at radius 1 is 1.25 bits per heavy atom. The van der Waals surface area contributed by atoms with Gasteiger partial charge in [0.25, 0.3) is 0 Å². The Hall–Kier alpha value is -1.70. The van der Waals surface area contributed by atoms with Gasteiger partial charge >= 0.3 is 0 Å². The molecular formula is C11H15N3O5S. The monoisotopic (exact) mass is 301 g/mol. The lowest BCUT2D eigenvalue weighted by molar-refractivity contribution is 0.0582. The zero-order chi connectivity index (χ0) is 15.4. The smallest absolute Gasteiger partial charge is 0.243 e. The van der Waals surface area contributed by atoms with E-state index in [1.54, 1.807) is 0 Å². The zero-order valence-electron chi connectivity index (χ0n) is 10.4. The van der Waals surface area contributed by atoms with Crippen LogP contribution in [0.4, 0.5) is 5.69 Å². The number of hydrogen-bond acceptors (Lipinski definition) is 7. The molecule has 1 aromatic rings. The Bertz CT molecular complexity index is 611. The fraction of sp³-hybridized carbons (Fsp3) is 0.364. The van der Waals surface area contributed by atoms with E-state index in [0.717, 1.165) is 6.07 Å². The van der Waals surface area contributed by atoms with Gasteiger partial charge in [-0.3, -0.25) is 0 Å². The number of anilines is 1. The second-order valence-electron chi connectivity index (χ2n) is 4.22. The molecule has 0 saturated carbocycles. The number of nitrogen functional groups attached to an aromatic ring is 1. The van der Waals surface area contributed by atoms with Gasteiger partial charge in [-0.25, -0.2) is 8.42 Å². The lowest BCUT2D eigenvalue weighted by Gasteiger charge is -2.28. The molecule has 20 heavy (non-hydrogen) atoms. The van der Waals surface area contributed by atoms with Crippen LogP contribution in [0, 0.1) is 11.3 Å². The number of benzene rings is 1. The van der Waals surface area contributed by atoms with Crippen LogP contribution in [0.5, 0.6) is 0 Å². The molecule has 0 fully saturated rings. The van der Waals surface area contributed by atoms with E-state index >= 15 is 0 Å². The van der Waals surface area contributed by atoms with E-state index in [2.05, 4.69) is 0 Å². The van der Waals surface area contributed by atoms with Crippen molar-refractivity contribution in [1.29, 1.82) is 5.26 Å². The highest BCUT2D eigenvalue weighted by molar-refractivity contribution is 7.89. The van der Waals surface area contributed by atoms with E-state index in [1.807, 2.05) is 10.8 Å². The Kier molecular flexibility index (Phi) is 5.04. The van der Waals surface area contributed by atoms with Gasteiger partial charge in [0.15, 0.2) is 0 Å². The fourth-order valence-electron chi connectivity index (χ4n) is 1.45. The largest absolute Gasteiger partial charge is 0.398 e. The number of nitrogens with one attached hydrogen (secondary N) is 1. The van der Waals surface area contributed by atoms with Crippen LogP contribution >= 0.6 is 0 Å². The van der Waals surface area contributed by atoms with E-state index < -0.39 is 35.4 Å². The molecule has 0 spiro atoms. The number of nitrogens with two attached hydrogens (primary N) is 1. The molecule has 0 atom stereocenters. The first-order valence-electron chi connectivity index (χ1n) is 5.50. The first kappa shape index (κ1) is 16.4. The van der Waals surface area contributed by atoms with Gasteiger partial charge in [-0.2, -0.15) is 9.98 Å². The molecule has 0 heterocycles. The molecule has 0 aliphatic rings. The van der Waals surface area contributed by atoms with Gasteiger partial charge in [0.1, 0.15) is 10.4 Å². The van der Waals surface area contributed by atoms with Gasteiger partial charge < -0.3 is 21.1 Å². The number of aliphatic hydroxyl groups is 3. The summed E-state index contributed by atoms with van der Waals surface area (Å²) in [6, 6.07) is 5.40. The van der Waals surface area contributed by atoms with E-state index in [9.17, 15) is 8.42 Å². The molecule has 0 amide bonds. The average molecular weight is 301 g/mol. The number of nitrogens with zero attached hydrogens (tertiary/aromatic N) is 1. The molecule has 9 heteroatoms. The molecule has 1 aromatic carbocycles. The second-order valence-corrected chi connectivity index (χ2v) is 5.88. The molecule has 1 rings (SSSR count). The third-order valence-electron chi connectivity index (χ3n) is 2.69. The number of rotatable bonds is 6. The van der Waals surface area contributed by atoms with Crippen molar-refractivity contribution >= 4 is 15.7 Å². The van der Waals surface area contributed by atoms with Crippen molar-refractivity contribution < 1.29 is 23.7 Å². The molecule has 6 N–H and O–H groups in total. The van der Waals surface area contributed by atoms with Crippen molar-refractivity contribution in [2.75, 3.05) is 25.6 Å². The number of nitriles is 1. The van der Waals surface area contributed by atoms with E-state index in [1.165, 1.54) is 12.1 Å². The minimum atomic E-state index is -4.17. The molecule has 0 bridgehead atoms. The van der Waals surface area contributed by atoms with Crippen LogP contribution in [0.2, 0.25) is 0 Å². The van der Waals surface area contributed by atoms with Crippen LogP contribution in [0.1, 0.15) is 5.56 Å². The Morgan fingerprint density at radius 2 is 1.80 bits per heavy atom. The summed E-state index contributed by atoms with van der Waals surface area (Å²) in [5.41, 5.74) is 3.82. The summed E-state index contributed by atoms with van der Waals surface area (Å²) < 4.78 is 26.3. The van der Waals surface area contributed by atoms with E-state index in [-0.39, 0.29) is 16.1 Å². The van der Waals surface area contributed by atoms with Crippen molar-refractivity contribution in [2.24, 2.45) is 0 Å². The minimum Gasteiger partial charge on any atom is -0.398 e. The third kappa shape index (κ3) is 3.24. The van der Waals surface area contributed by atoms with Crippen molar-refractivity contribution in [3.8, 4) is 6.07 Å². The van der Waals surface area contributed by atoms with E-state index in [0.29, 0.717) is 0 Å². The topological polar surface area (TPSA) is 157 Å². The molecule has 0 saturated heterocycles. The standard InChI is InChI=1S/C11H15N3O5S/c12-4-8-1-2-10(9(13)3-8)20(18,19)14-11(5-15,6-16)7-17/h1-3,14-17H,5-7,13H2. The SMILES string of the molecule is N#Cc1ccc(S(=O)(=O)NC(CO)(CO)CO)c(N)c1. The maximum absolute atomic E-state index is 12.1. The van der Waals surface area contributed by atoms with Gasteiger partial charge in [-0.1, -0.05) is 0 Å². The van der Waals surface area contributed by atoms with Crippen LogP contribution in [-0.4, -0.2) is 49.1 Å². The normalized spacial score (nSPS) is 12.1. The molecule has 110 valence electrons. The van der Waals surface area contributed by atoms with Crippen molar-refractivity contribution in [1.82, 2.24) is 4.72 Å².